The van der Waals surface area contributed by atoms with Gasteiger partial charge in [0.1, 0.15) is 6.23 Å². The average Bonchev–Trinajstić information content (AvgIpc) is 2.65. The number of aryl methyl sites for hydroxylation is 1. The molecular weight excluding hydrogens is 224 g/mol. The third kappa shape index (κ3) is 2.18. The molecule has 1 fully saturated rings. The molecule has 3 atom stereocenters. The molecule has 0 aromatic carbocycles. The number of aliphatic hydroxyl groups excluding tert-OH is 1. The third-order valence-electron chi connectivity index (χ3n) is 3.18. The van der Waals surface area contributed by atoms with Crippen molar-refractivity contribution >= 4 is 0 Å². The summed E-state index contributed by atoms with van der Waals surface area (Å²) in [6.45, 7) is 3.54. The summed E-state index contributed by atoms with van der Waals surface area (Å²) in [4.78, 5) is 25.1. The lowest BCUT2D eigenvalue weighted by Gasteiger charge is -2.14. The monoisotopic (exact) mass is 240 g/mol. The molecule has 94 valence electrons. The second-order valence-electron chi connectivity index (χ2n) is 4.50. The summed E-state index contributed by atoms with van der Waals surface area (Å²) in [5, 5.41) is 9.10. The van der Waals surface area contributed by atoms with Crippen LogP contribution in [-0.4, -0.2) is 27.4 Å². The summed E-state index contributed by atoms with van der Waals surface area (Å²) in [6, 6.07) is 0. The van der Waals surface area contributed by atoms with Crippen molar-refractivity contribution in [2.24, 2.45) is 5.92 Å². The first-order valence-electron chi connectivity index (χ1n) is 5.61. The molecule has 0 aliphatic carbocycles. The predicted molar refractivity (Wildman–Crippen MR) is 60.8 cm³/mol. The zero-order valence-corrected chi connectivity index (χ0v) is 9.84. The summed E-state index contributed by atoms with van der Waals surface area (Å²) < 4.78 is 6.95. The number of hydrogen-bond donors (Lipinski definition) is 2. The molecule has 1 aromatic rings. The lowest BCUT2D eigenvalue weighted by atomic mass is 10.0. The van der Waals surface area contributed by atoms with Crippen molar-refractivity contribution in [3.8, 4) is 0 Å². The molecule has 1 saturated heterocycles. The number of H-pyrrole nitrogens is 1. The van der Waals surface area contributed by atoms with Crippen LogP contribution in [0.1, 0.15) is 25.1 Å². The van der Waals surface area contributed by atoms with Gasteiger partial charge in [-0.3, -0.25) is 14.3 Å². The molecule has 2 rings (SSSR count). The van der Waals surface area contributed by atoms with Gasteiger partial charge in [0.25, 0.3) is 5.56 Å². The topological polar surface area (TPSA) is 84.3 Å². The number of aromatic nitrogens is 2. The van der Waals surface area contributed by atoms with Crippen LogP contribution in [0.5, 0.6) is 0 Å². The van der Waals surface area contributed by atoms with Crippen molar-refractivity contribution < 1.29 is 9.84 Å². The molecule has 1 aliphatic rings. The van der Waals surface area contributed by atoms with Crippen molar-refractivity contribution in [2.45, 2.75) is 32.6 Å². The fraction of sp³-hybridized carbons (Fsp3) is 0.636. The molecule has 17 heavy (non-hydrogen) atoms. The van der Waals surface area contributed by atoms with Crippen LogP contribution in [-0.2, 0) is 4.74 Å². The quantitative estimate of drug-likeness (QED) is 0.747. The van der Waals surface area contributed by atoms with E-state index in [1.54, 1.807) is 6.92 Å². The van der Waals surface area contributed by atoms with Gasteiger partial charge in [0.2, 0.25) is 0 Å². The van der Waals surface area contributed by atoms with E-state index in [-0.39, 0.29) is 24.2 Å². The predicted octanol–water partition coefficient (Wildman–Crippen LogP) is -0.239. The fourth-order valence-corrected chi connectivity index (χ4v) is 2.06. The minimum Gasteiger partial charge on any atom is -0.394 e. The summed E-state index contributed by atoms with van der Waals surface area (Å²) in [5.41, 5.74) is -0.388. The van der Waals surface area contributed by atoms with Gasteiger partial charge < -0.3 is 9.84 Å². The van der Waals surface area contributed by atoms with Crippen molar-refractivity contribution in [1.29, 1.82) is 0 Å². The highest BCUT2D eigenvalue weighted by Crippen LogP contribution is 2.31. The van der Waals surface area contributed by atoms with E-state index in [1.807, 2.05) is 6.92 Å². The largest absolute Gasteiger partial charge is 0.394 e. The molecular formula is C11H16N2O4. The van der Waals surface area contributed by atoms with Gasteiger partial charge in [-0.25, -0.2) is 4.79 Å². The van der Waals surface area contributed by atoms with E-state index in [0.717, 1.165) is 0 Å². The van der Waals surface area contributed by atoms with E-state index in [2.05, 4.69) is 4.98 Å². The molecule has 2 heterocycles. The molecule has 0 saturated carbocycles. The molecule has 0 spiro atoms. The lowest BCUT2D eigenvalue weighted by molar-refractivity contribution is -0.0313. The number of rotatable bonds is 2. The number of aliphatic hydroxyl groups is 1. The van der Waals surface area contributed by atoms with E-state index in [4.69, 9.17) is 9.84 Å². The van der Waals surface area contributed by atoms with E-state index >= 15 is 0 Å². The molecule has 0 bridgehead atoms. The fourth-order valence-electron chi connectivity index (χ4n) is 2.06. The number of ether oxygens (including phenoxy) is 1. The van der Waals surface area contributed by atoms with Crippen molar-refractivity contribution in [2.75, 3.05) is 6.61 Å². The minimum atomic E-state index is -0.476. The van der Waals surface area contributed by atoms with Gasteiger partial charge in [0, 0.05) is 11.8 Å². The number of nitrogens with one attached hydrogen (secondary N) is 1. The lowest BCUT2D eigenvalue weighted by Crippen LogP contribution is -2.33. The van der Waals surface area contributed by atoms with Crippen LogP contribution in [0.2, 0.25) is 0 Å². The molecule has 1 aromatic heterocycles. The first-order valence-corrected chi connectivity index (χ1v) is 5.61. The highest BCUT2D eigenvalue weighted by atomic mass is 16.5. The maximum absolute atomic E-state index is 11.6. The zero-order valence-electron chi connectivity index (χ0n) is 9.84. The summed E-state index contributed by atoms with van der Waals surface area (Å²) in [6.07, 6.45) is 1.49. The van der Waals surface area contributed by atoms with E-state index in [1.165, 1.54) is 10.8 Å². The Labute approximate surface area is 97.9 Å². The van der Waals surface area contributed by atoms with Crippen molar-refractivity contribution in [1.82, 2.24) is 9.55 Å². The second kappa shape index (κ2) is 4.46. The van der Waals surface area contributed by atoms with Gasteiger partial charge in [-0.15, -0.1) is 0 Å². The Hall–Kier alpha value is -1.40. The number of nitrogens with zero attached hydrogens (tertiary/aromatic N) is 1. The van der Waals surface area contributed by atoms with Gasteiger partial charge in [0.15, 0.2) is 0 Å². The molecule has 0 radical (unpaired) electrons. The molecule has 0 amide bonds. The Bertz CT molecular complexity index is 519. The Kier molecular flexibility index (Phi) is 3.17. The van der Waals surface area contributed by atoms with Crippen LogP contribution in [0, 0.1) is 12.8 Å². The van der Waals surface area contributed by atoms with Gasteiger partial charge >= 0.3 is 5.69 Å². The van der Waals surface area contributed by atoms with Gasteiger partial charge in [-0.05, 0) is 19.3 Å². The maximum Gasteiger partial charge on any atom is 0.330 e. The van der Waals surface area contributed by atoms with Gasteiger partial charge in [-0.2, -0.15) is 0 Å². The molecule has 2 N–H and O–H groups in total. The van der Waals surface area contributed by atoms with Crippen molar-refractivity contribution in [3.63, 3.8) is 0 Å². The van der Waals surface area contributed by atoms with Crippen LogP contribution in [0.4, 0.5) is 0 Å². The summed E-state index contributed by atoms with van der Waals surface area (Å²) >= 11 is 0. The Morgan fingerprint density at radius 3 is 2.88 bits per heavy atom. The maximum atomic E-state index is 11.6. The SMILES string of the molecule is Cc1cn(C2C[C@H](C)C(CO)O2)c(=O)[nH]c1=O. The minimum absolute atomic E-state index is 0.0608. The standard InChI is InChI=1S/C11H16N2O4/c1-6-3-9(17-8(6)5-14)13-4-7(2)10(15)12-11(13)16/h4,6,8-9,14H,3,5H2,1-2H3,(H,12,15,16)/t6-,8?,9?/m0/s1. The van der Waals surface area contributed by atoms with Crippen LogP contribution >= 0.6 is 0 Å². The van der Waals surface area contributed by atoms with E-state index in [9.17, 15) is 9.59 Å². The van der Waals surface area contributed by atoms with Crippen LogP contribution in [0.25, 0.3) is 0 Å². The highest BCUT2D eigenvalue weighted by molar-refractivity contribution is 5.01. The average molecular weight is 240 g/mol. The Morgan fingerprint density at radius 2 is 2.29 bits per heavy atom. The Morgan fingerprint density at radius 1 is 1.59 bits per heavy atom. The summed E-state index contributed by atoms with van der Waals surface area (Å²) in [7, 11) is 0. The zero-order chi connectivity index (χ0) is 12.6. The van der Waals surface area contributed by atoms with Crippen LogP contribution < -0.4 is 11.2 Å². The summed E-state index contributed by atoms with van der Waals surface area (Å²) in [5.74, 6) is 0.184. The first kappa shape index (κ1) is 12.1. The smallest absolute Gasteiger partial charge is 0.330 e. The Balaban J connectivity index is 2.34. The molecule has 6 nitrogen and oxygen atoms in total. The second-order valence-corrected chi connectivity index (χ2v) is 4.50. The highest BCUT2D eigenvalue weighted by Gasteiger charge is 2.33. The van der Waals surface area contributed by atoms with Crippen LogP contribution in [0.15, 0.2) is 15.8 Å². The number of hydrogen-bond acceptors (Lipinski definition) is 4. The first-order chi connectivity index (χ1) is 8.02. The molecule has 1 aliphatic heterocycles. The molecule has 2 unspecified atom stereocenters. The normalized spacial score (nSPS) is 28.5. The van der Waals surface area contributed by atoms with Gasteiger partial charge in [-0.1, -0.05) is 6.92 Å². The van der Waals surface area contributed by atoms with Gasteiger partial charge in [0.05, 0.1) is 12.7 Å². The number of aromatic amines is 1. The van der Waals surface area contributed by atoms with E-state index < -0.39 is 11.9 Å². The van der Waals surface area contributed by atoms with Crippen molar-refractivity contribution in [3.05, 3.63) is 32.6 Å². The molecule has 6 heteroatoms. The third-order valence-corrected chi connectivity index (χ3v) is 3.18. The van der Waals surface area contributed by atoms with E-state index in [0.29, 0.717) is 12.0 Å². The van der Waals surface area contributed by atoms with Crippen LogP contribution in [0.3, 0.4) is 0 Å².